The second-order valence-electron chi connectivity index (χ2n) is 7.03. The van der Waals surface area contributed by atoms with Gasteiger partial charge in [-0.05, 0) is 48.5 Å². The number of amides is 1. The molecule has 4 nitrogen and oxygen atoms in total. The van der Waals surface area contributed by atoms with E-state index in [1.165, 1.54) is 0 Å². The van der Waals surface area contributed by atoms with E-state index in [0.29, 0.717) is 6.61 Å². The fourth-order valence-electron chi connectivity index (χ4n) is 1.80. The molecule has 0 heterocycles. The second kappa shape index (κ2) is 6.40. The summed E-state index contributed by atoms with van der Waals surface area (Å²) >= 11 is 0. The molecule has 0 fully saturated rings. The fourth-order valence-corrected chi connectivity index (χ4v) is 1.80. The highest BCUT2D eigenvalue weighted by Gasteiger charge is 2.35. The van der Waals surface area contributed by atoms with Gasteiger partial charge in [-0.1, -0.05) is 5.92 Å². The van der Waals surface area contributed by atoms with Crippen molar-refractivity contribution in [3.63, 3.8) is 0 Å². The molecule has 0 aromatic rings. The summed E-state index contributed by atoms with van der Waals surface area (Å²) in [6.07, 6.45) is 5.14. The third-order valence-electron chi connectivity index (χ3n) is 2.36. The summed E-state index contributed by atoms with van der Waals surface area (Å²) in [7, 11) is 0. The van der Waals surface area contributed by atoms with Crippen LogP contribution in [0.25, 0.3) is 0 Å². The van der Waals surface area contributed by atoms with Crippen molar-refractivity contribution in [1.82, 2.24) is 10.6 Å². The van der Waals surface area contributed by atoms with Crippen LogP contribution in [0.15, 0.2) is 0 Å². The first kappa shape index (κ1) is 17.9. The summed E-state index contributed by atoms with van der Waals surface area (Å²) in [5.74, 6) is 2.39. The molecule has 0 aliphatic rings. The average molecular weight is 268 g/mol. The lowest BCUT2D eigenvalue weighted by Crippen LogP contribution is -2.63. The summed E-state index contributed by atoms with van der Waals surface area (Å²) in [6, 6.07) is 0. The first-order valence-corrected chi connectivity index (χ1v) is 6.53. The predicted molar refractivity (Wildman–Crippen MR) is 78.8 cm³/mol. The van der Waals surface area contributed by atoms with Crippen molar-refractivity contribution in [2.45, 2.75) is 65.1 Å². The number of ether oxygens (including phenoxy) is 1. The number of hydrogen-bond donors (Lipinski definition) is 2. The highest BCUT2D eigenvalue weighted by Crippen LogP contribution is 2.13. The standard InChI is InChI=1S/C15H28N2O2/c1-9-10-19-11-14(5,6)17-15(7,8)12(18)16-13(2,3)4/h1,17H,10-11H2,2-8H3,(H,16,18). The lowest BCUT2D eigenvalue weighted by Gasteiger charge is -2.37. The molecular weight excluding hydrogens is 240 g/mol. The molecular formula is C15H28N2O2. The van der Waals surface area contributed by atoms with E-state index in [0.717, 1.165) is 0 Å². The molecule has 19 heavy (non-hydrogen) atoms. The van der Waals surface area contributed by atoms with Crippen molar-refractivity contribution >= 4 is 5.91 Å². The average Bonchev–Trinajstić information content (AvgIpc) is 2.13. The summed E-state index contributed by atoms with van der Waals surface area (Å²) in [5, 5.41) is 6.28. The minimum atomic E-state index is -0.684. The van der Waals surface area contributed by atoms with E-state index >= 15 is 0 Å². The zero-order valence-electron chi connectivity index (χ0n) is 13.3. The van der Waals surface area contributed by atoms with Crippen LogP contribution in [0.3, 0.4) is 0 Å². The summed E-state index contributed by atoms with van der Waals surface area (Å²) in [6.45, 7) is 14.3. The zero-order valence-corrected chi connectivity index (χ0v) is 13.3. The lowest BCUT2D eigenvalue weighted by atomic mass is 9.95. The van der Waals surface area contributed by atoms with E-state index in [1.54, 1.807) is 0 Å². The molecule has 0 saturated heterocycles. The molecule has 2 N–H and O–H groups in total. The van der Waals surface area contributed by atoms with E-state index in [9.17, 15) is 4.79 Å². The van der Waals surface area contributed by atoms with Crippen LogP contribution in [0.1, 0.15) is 48.5 Å². The van der Waals surface area contributed by atoms with Crippen molar-refractivity contribution in [3.05, 3.63) is 0 Å². The van der Waals surface area contributed by atoms with Gasteiger partial charge in [0.1, 0.15) is 6.61 Å². The number of terminal acetylenes is 1. The second-order valence-corrected chi connectivity index (χ2v) is 7.03. The molecule has 0 aromatic heterocycles. The van der Waals surface area contributed by atoms with Crippen LogP contribution in [-0.2, 0) is 9.53 Å². The van der Waals surface area contributed by atoms with E-state index in [-0.39, 0.29) is 23.6 Å². The topological polar surface area (TPSA) is 50.4 Å². The van der Waals surface area contributed by atoms with Crippen LogP contribution >= 0.6 is 0 Å². The number of carbonyl (C=O) groups is 1. The molecule has 0 saturated carbocycles. The molecule has 1 amide bonds. The maximum absolute atomic E-state index is 12.2. The Bertz CT molecular complexity index is 346. The largest absolute Gasteiger partial charge is 0.367 e. The SMILES string of the molecule is C#CCOCC(C)(C)NC(C)(C)C(=O)NC(C)(C)C. The van der Waals surface area contributed by atoms with Gasteiger partial charge in [0.25, 0.3) is 0 Å². The highest BCUT2D eigenvalue weighted by atomic mass is 16.5. The molecule has 0 radical (unpaired) electrons. The number of hydrogen-bond acceptors (Lipinski definition) is 3. The Kier molecular flexibility index (Phi) is 6.05. The van der Waals surface area contributed by atoms with Gasteiger partial charge in [0.2, 0.25) is 5.91 Å². The molecule has 0 aliphatic heterocycles. The van der Waals surface area contributed by atoms with Crippen LogP contribution in [0.5, 0.6) is 0 Å². The fraction of sp³-hybridized carbons (Fsp3) is 0.800. The zero-order chi connectivity index (χ0) is 15.3. The van der Waals surface area contributed by atoms with Gasteiger partial charge in [0, 0.05) is 11.1 Å². The summed E-state index contributed by atoms with van der Waals surface area (Å²) < 4.78 is 5.34. The van der Waals surface area contributed by atoms with Crippen LogP contribution in [0, 0.1) is 12.3 Å². The maximum Gasteiger partial charge on any atom is 0.240 e. The van der Waals surface area contributed by atoms with Crippen molar-refractivity contribution < 1.29 is 9.53 Å². The van der Waals surface area contributed by atoms with Crippen molar-refractivity contribution in [2.24, 2.45) is 0 Å². The van der Waals surface area contributed by atoms with Gasteiger partial charge in [0.15, 0.2) is 0 Å². The Morgan fingerprint density at radius 3 is 2.11 bits per heavy atom. The maximum atomic E-state index is 12.2. The van der Waals surface area contributed by atoms with Crippen molar-refractivity contribution in [2.75, 3.05) is 13.2 Å². The van der Waals surface area contributed by atoms with Gasteiger partial charge in [-0.15, -0.1) is 6.42 Å². The van der Waals surface area contributed by atoms with Gasteiger partial charge in [-0.2, -0.15) is 0 Å². The van der Waals surface area contributed by atoms with Crippen LogP contribution in [0.4, 0.5) is 0 Å². The minimum absolute atomic E-state index is 0.0370. The van der Waals surface area contributed by atoms with Gasteiger partial charge < -0.3 is 10.1 Å². The summed E-state index contributed by atoms with van der Waals surface area (Å²) in [4.78, 5) is 12.2. The van der Waals surface area contributed by atoms with E-state index in [4.69, 9.17) is 11.2 Å². The molecule has 0 bridgehead atoms. The number of carbonyl (C=O) groups excluding carboxylic acids is 1. The number of rotatable bonds is 6. The lowest BCUT2D eigenvalue weighted by molar-refractivity contribution is -0.129. The Hall–Kier alpha value is -1.05. The highest BCUT2D eigenvalue weighted by molar-refractivity contribution is 5.86. The molecule has 4 heteroatoms. The monoisotopic (exact) mass is 268 g/mol. The first-order chi connectivity index (χ1) is 8.40. The summed E-state index contributed by atoms with van der Waals surface area (Å²) in [5.41, 5.74) is -1.27. The van der Waals surface area contributed by atoms with E-state index < -0.39 is 5.54 Å². The van der Waals surface area contributed by atoms with Crippen molar-refractivity contribution in [3.8, 4) is 12.3 Å². The Balaban J connectivity index is 4.57. The van der Waals surface area contributed by atoms with Gasteiger partial charge in [-0.3, -0.25) is 10.1 Å². The predicted octanol–water partition coefficient (Wildman–Crippen LogP) is 1.70. The molecule has 0 atom stereocenters. The molecule has 0 unspecified atom stereocenters. The Labute approximate surface area is 117 Å². The van der Waals surface area contributed by atoms with Crippen molar-refractivity contribution in [1.29, 1.82) is 0 Å². The smallest absolute Gasteiger partial charge is 0.240 e. The van der Waals surface area contributed by atoms with Crippen LogP contribution in [0.2, 0.25) is 0 Å². The molecule has 0 aromatic carbocycles. The van der Waals surface area contributed by atoms with Gasteiger partial charge >= 0.3 is 0 Å². The molecule has 0 spiro atoms. The van der Waals surface area contributed by atoms with Gasteiger partial charge in [-0.25, -0.2) is 0 Å². The molecule has 0 aliphatic carbocycles. The normalized spacial score (nSPS) is 12.9. The molecule has 110 valence electrons. The quantitative estimate of drug-likeness (QED) is 0.569. The third kappa shape index (κ3) is 7.86. The Morgan fingerprint density at radius 1 is 1.16 bits per heavy atom. The van der Waals surface area contributed by atoms with E-state index in [1.807, 2.05) is 48.5 Å². The minimum Gasteiger partial charge on any atom is -0.367 e. The van der Waals surface area contributed by atoms with Crippen LogP contribution in [-0.4, -0.2) is 35.7 Å². The van der Waals surface area contributed by atoms with E-state index in [2.05, 4.69) is 16.6 Å². The van der Waals surface area contributed by atoms with Crippen LogP contribution < -0.4 is 10.6 Å². The Morgan fingerprint density at radius 2 is 1.68 bits per heavy atom. The van der Waals surface area contributed by atoms with Gasteiger partial charge in [0.05, 0.1) is 12.1 Å². The number of nitrogens with one attached hydrogen (secondary N) is 2. The first-order valence-electron chi connectivity index (χ1n) is 6.53. The molecule has 0 rings (SSSR count). The third-order valence-corrected chi connectivity index (χ3v) is 2.36.